The van der Waals surface area contributed by atoms with Crippen LogP contribution in [0.1, 0.15) is 123 Å². The zero-order chi connectivity index (χ0) is 23.1. The highest BCUT2D eigenvalue weighted by atomic mass is 32.3. The molecule has 0 aromatic carbocycles. The highest BCUT2D eigenvalue weighted by molar-refractivity contribution is 7.79. The van der Waals surface area contributed by atoms with Gasteiger partial charge in [0.2, 0.25) is 0 Å². The van der Waals surface area contributed by atoms with Gasteiger partial charge in [0.15, 0.2) is 6.29 Å². The maximum atomic E-state index is 8.81. The third-order valence-electron chi connectivity index (χ3n) is 5.14. The van der Waals surface area contributed by atoms with Crippen molar-refractivity contribution in [3.05, 3.63) is 0 Å². The molecule has 1 unspecified atom stereocenters. The SMILES string of the molecule is CCCCCCCCCCCCCCCCCCC(C)NCC(O)O.O=S(=O)(O)O. The van der Waals surface area contributed by atoms with E-state index in [0.29, 0.717) is 6.04 Å². The zero-order valence-electron chi connectivity index (χ0n) is 19.4. The Kier molecular flexibility index (Phi) is 24.9. The molecule has 7 nitrogen and oxygen atoms in total. The number of hydrogen-bond donors (Lipinski definition) is 5. The van der Waals surface area contributed by atoms with E-state index in [-0.39, 0.29) is 6.54 Å². The first-order chi connectivity index (χ1) is 14.2. The molecule has 0 spiro atoms. The van der Waals surface area contributed by atoms with Crippen LogP contribution in [0.4, 0.5) is 0 Å². The average Bonchev–Trinajstić information content (AvgIpc) is 2.64. The molecular formula is C22H49NO6S. The first-order valence-corrected chi connectivity index (χ1v) is 13.4. The van der Waals surface area contributed by atoms with Gasteiger partial charge in [0, 0.05) is 12.6 Å². The summed E-state index contributed by atoms with van der Waals surface area (Å²) >= 11 is 0. The Morgan fingerprint density at radius 1 is 0.667 bits per heavy atom. The van der Waals surface area contributed by atoms with Crippen LogP contribution in [-0.4, -0.2) is 46.6 Å². The molecule has 0 aromatic rings. The standard InChI is InChI=1S/C22H47NO2.H2O4S/c1-3-4-5-6-7-8-9-10-11-12-13-14-15-16-17-18-19-21(2)23-20-22(24)25;1-5(2,3)4/h21-25H,3-20H2,1-2H3;(H2,1,2,3,4). The van der Waals surface area contributed by atoms with E-state index >= 15 is 0 Å². The Bertz CT molecular complexity index is 423. The third kappa shape index (κ3) is 38.4. The fourth-order valence-electron chi connectivity index (χ4n) is 3.41. The van der Waals surface area contributed by atoms with Crippen LogP contribution >= 0.6 is 0 Å². The topological polar surface area (TPSA) is 127 Å². The van der Waals surface area contributed by atoms with Crippen LogP contribution in [0.3, 0.4) is 0 Å². The van der Waals surface area contributed by atoms with E-state index in [1.807, 2.05) is 0 Å². The zero-order valence-corrected chi connectivity index (χ0v) is 20.2. The van der Waals surface area contributed by atoms with E-state index in [9.17, 15) is 0 Å². The van der Waals surface area contributed by atoms with Crippen molar-refractivity contribution in [1.82, 2.24) is 5.32 Å². The molecular weight excluding hydrogens is 406 g/mol. The summed E-state index contributed by atoms with van der Waals surface area (Å²) in [6, 6.07) is 0.383. The molecule has 5 N–H and O–H groups in total. The second-order valence-electron chi connectivity index (χ2n) is 8.33. The molecule has 30 heavy (non-hydrogen) atoms. The summed E-state index contributed by atoms with van der Waals surface area (Å²) in [4.78, 5) is 0. The van der Waals surface area contributed by atoms with Gasteiger partial charge >= 0.3 is 10.4 Å². The predicted molar refractivity (Wildman–Crippen MR) is 124 cm³/mol. The normalized spacial score (nSPS) is 12.6. The van der Waals surface area contributed by atoms with Gasteiger partial charge in [-0.2, -0.15) is 8.42 Å². The van der Waals surface area contributed by atoms with Gasteiger partial charge in [-0.05, 0) is 13.3 Å². The molecule has 0 bridgehead atoms. The van der Waals surface area contributed by atoms with E-state index < -0.39 is 16.7 Å². The highest BCUT2D eigenvalue weighted by Crippen LogP contribution is 2.14. The van der Waals surface area contributed by atoms with Crippen molar-refractivity contribution in [2.75, 3.05) is 6.54 Å². The van der Waals surface area contributed by atoms with Crippen molar-refractivity contribution in [3.63, 3.8) is 0 Å². The average molecular weight is 456 g/mol. The molecule has 0 heterocycles. The molecule has 0 saturated heterocycles. The molecule has 0 aromatic heterocycles. The lowest BCUT2D eigenvalue weighted by Gasteiger charge is -2.14. The van der Waals surface area contributed by atoms with E-state index in [0.717, 1.165) is 6.42 Å². The Morgan fingerprint density at radius 3 is 1.27 bits per heavy atom. The van der Waals surface area contributed by atoms with Crippen LogP contribution in [-0.2, 0) is 10.4 Å². The van der Waals surface area contributed by atoms with Crippen molar-refractivity contribution >= 4 is 10.4 Å². The second-order valence-corrected chi connectivity index (χ2v) is 9.23. The minimum absolute atomic E-state index is 0.278. The number of unbranched alkanes of at least 4 members (excludes halogenated alkanes) is 15. The maximum Gasteiger partial charge on any atom is 0.394 e. The van der Waals surface area contributed by atoms with Crippen molar-refractivity contribution in [2.24, 2.45) is 0 Å². The predicted octanol–water partition coefficient (Wildman–Crippen LogP) is 5.27. The minimum Gasteiger partial charge on any atom is -0.367 e. The van der Waals surface area contributed by atoms with Crippen molar-refractivity contribution in [3.8, 4) is 0 Å². The molecule has 0 rings (SSSR count). The molecule has 1 atom stereocenters. The largest absolute Gasteiger partial charge is 0.394 e. The lowest BCUT2D eigenvalue weighted by Crippen LogP contribution is -2.33. The Hall–Kier alpha value is -0.250. The number of hydrogen-bond acceptors (Lipinski definition) is 5. The van der Waals surface area contributed by atoms with Gasteiger partial charge in [-0.25, -0.2) is 0 Å². The van der Waals surface area contributed by atoms with Gasteiger partial charge in [0.25, 0.3) is 0 Å². The van der Waals surface area contributed by atoms with E-state index in [1.54, 1.807) is 0 Å². The van der Waals surface area contributed by atoms with Crippen LogP contribution in [0.2, 0.25) is 0 Å². The highest BCUT2D eigenvalue weighted by Gasteiger charge is 2.03. The number of aliphatic hydroxyl groups excluding tert-OH is 1. The second kappa shape index (κ2) is 23.4. The van der Waals surface area contributed by atoms with Gasteiger partial charge in [-0.15, -0.1) is 0 Å². The smallest absolute Gasteiger partial charge is 0.367 e. The van der Waals surface area contributed by atoms with Gasteiger partial charge < -0.3 is 15.5 Å². The molecule has 0 aliphatic carbocycles. The molecule has 0 aliphatic heterocycles. The Balaban J connectivity index is 0. The minimum atomic E-state index is -4.67. The summed E-state index contributed by atoms with van der Waals surface area (Å²) in [6.45, 7) is 4.68. The number of aliphatic hydroxyl groups is 2. The quantitative estimate of drug-likeness (QED) is 0.0960. The molecule has 184 valence electrons. The first kappa shape index (κ1) is 31.9. The fourth-order valence-corrected chi connectivity index (χ4v) is 3.41. The Morgan fingerprint density at radius 2 is 0.967 bits per heavy atom. The summed E-state index contributed by atoms with van der Waals surface area (Å²) in [7, 11) is -4.67. The maximum absolute atomic E-state index is 8.81. The summed E-state index contributed by atoms with van der Waals surface area (Å²) < 4.78 is 31.6. The third-order valence-corrected chi connectivity index (χ3v) is 5.14. The van der Waals surface area contributed by atoms with Crippen LogP contribution in [0.5, 0.6) is 0 Å². The summed E-state index contributed by atoms with van der Waals surface area (Å²) in [5, 5.41) is 20.7. The van der Waals surface area contributed by atoms with Crippen LogP contribution < -0.4 is 5.32 Å². The van der Waals surface area contributed by atoms with Crippen molar-refractivity contribution in [1.29, 1.82) is 0 Å². The van der Waals surface area contributed by atoms with Crippen LogP contribution in [0.15, 0.2) is 0 Å². The lowest BCUT2D eigenvalue weighted by molar-refractivity contribution is -0.0387. The van der Waals surface area contributed by atoms with Crippen LogP contribution in [0.25, 0.3) is 0 Å². The number of nitrogens with one attached hydrogen (secondary N) is 1. The molecule has 0 aliphatic rings. The van der Waals surface area contributed by atoms with E-state index in [2.05, 4.69) is 19.2 Å². The summed E-state index contributed by atoms with van der Waals surface area (Å²) in [5.41, 5.74) is 0. The summed E-state index contributed by atoms with van der Waals surface area (Å²) in [5.74, 6) is 0. The van der Waals surface area contributed by atoms with E-state index in [1.165, 1.54) is 103 Å². The monoisotopic (exact) mass is 455 g/mol. The first-order valence-electron chi connectivity index (χ1n) is 12.0. The fraction of sp³-hybridized carbons (Fsp3) is 1.00. The number of rotatable bonds is 20. The summed E-state index contributed by atoms with van der Waals surface area (Å²) in [6.07, 6.45) is 22.4. The van der Waals surface area contributed by atoms with Gasteiger partial charge in [-0.3, -0.25) is 9.11 Å². The van der Waals surface area contributed by atoms with Gasteiger partial charge in [0.05, 0.1) is 0 Å². The van der Waals surface area contributed by atoms with Gasteiger partial charge in [0.1, 0.15) is 0 Å². The van der Waals surface area contributed by atoms with Crippen molar-refractivity contribution in [2.45, 2.75) is 135 Å². The molecule has 0 saturated carbocycles. The lowest BCUT2D eigenvalue weighted by atomic mass is 10.0. The Labute approximate surface area is 185 Å². The molecule has 0 radical (unpaired) electrons. The van der Waals surface area contributed by atoms with Crippen molar-refractivity contribution < 1.29 is 27.7 Å². The molecule has 0 amide bonds. The molecule has 0 fully saturated rings. The van der Waals surface area contributed by atoms with Gasteiger partial charge in [-0.1, -0.05) is 110 Å². The van der Waals surface area contributed by atoms with Crippen LogP contribution in [0, 0.1) is 0 Å². The van der Waals surface area contributed by atoms with E-state index in [4.69, 9.17) is 27.7 Å². The molecule has 8 heteroatoms.